The summed E-state index contributed by atoms with van der Waals surface area (Å²) in [5.41, 5.74) is 2.71. The van der Waals surface area contributed by atoms with Crippen molar-refractivity contribution in [3.05, 3.63) is 88.3 Å². The molecular weight excluding hydrogens is 573 g/mol. The van der Waals surface area contributed by atoms with Gasteiger partial charge in [0.15, 0.2) is 0 Å². The maximum atomic E-state index is 13.4. The van der Waals surface area contributed by atoms with Crippen LogP contribution in [0.15, 0.2) is 60.9 Å². The Morgan fingerprint density at radius 1 is 0.952 bits per heavy atom. The molecule has 0 aliphatic carbocycles. The number of anilines is 6. The minimum atomic E-state index is -4.68. The minimum absolute atomic E-state index is 0.0894. The molecule has 0 saturated carbocycles. The van der Waals surface area contributed by atoms with Gasteiger partial charge in [0, 0.05) is 35.9 Å². The number of aromatic nitrogens is 3. The van der Waals surface area contributed by atoms with Gasteiger partial charge < -0.3 is 16.0 Å². The Bertz CT molecular complexity index is 1680. The van der Waals surface area contributed by atoms with E-state index in [-0.39, 0.29) is 18.3 Å². The van der Waals surface area contributed by atoms with Crippen molar-refractivity contribution in [1.29, 1.82) is 0 Å². The molecule has 3 N–H and O–H groups in total. The van der Waals surface area contributed by atoms with E-state index >= 15 is 0 Å². The number of nitrogens with one attached hydrogen (secondary N) is 3. The summed E-state index contributed by atoms with van der Waals surface area (Å²) < 4.78 is 39.5. The van der Waals surface area contributed by atoms with Crippen LogP contribution < -0.4 is 25.8 Å². The van der Waals surface area contributed by atoms with Gasteiger partial charge in [-0.25, -0.2) is 14.6 Å². The predicted octanol–water partition coefficient (Wildman–Crippen LogP) is 7.12. The molecule has 0 saturated heterocycles. The first-order valence-corrected chi connectivity index (χ1v) is 12.9. The standard InChI is InChI=1S/C28H24ClF3N8O2/c1-15-4-6-19(37-26(41)36-18-8-9-22(29)21(10-18)28(30,31)32)11-23(15)40-14-17-12-34-25(38-24(17)39(3)27(40)42)35-20-7-5-16(2)33-13-20/h4-13H,14H2,1-3H3,(H,34,35,38)(H2,36,37,41). The first kappa shape index (κ1) is 28.6. The summed E-state index contributed by atoms with van der Waals surface area (Å²) in [5, 5.41) is 7.57. The van der Waals surface area contributed by atoms with E-state index in [0.29, 0.717) is 34.4 Å². The number of fused-ring (bicyclic) bond motifs is 1. The molecule has 4 amide bonds. The molecular formula is C28H24ClF3N8O2. The van der Waals surface area contributed by atoms with Crippen molar-refractivity contribution in [2.24, 2.45) is 0 Å². The number of hydrogen-bond donors (Lipinski definition) is 3. The number of alkyl halides is 3. The zero-order chi connectivity index (χ0) is 30.2. The van der Waals surface area contributed by atoms with Crippen molar-refractivity contribution in [2.45, 2.75) is 26.6 Å². The van der Waals surface area contributed by atoms with Crippen molar-refractivity contribution in [1.82, 2.24) is 15.0 Å². The Morgan fingerprint density at radius 3 is 2.33 bits per heavy atom. The number of rotatable bonds is 5. The molecule has 3 heterocycles. The van der Waals surface area contributed by atoms with Gasteiger partial charge in [-0.15, -0.1) is 0 Å². The quantitative estimate of drug-likeness (QED) is 0.226. The van der Waals surface area contributed by atoms with Crippen LogP contribution in [0.5, 0.6) is 0 Å². The molecule has 14 heteroatoms. The lowest BCUT2D eigenvalue weighted by Gasteiger charge is -2.35. The summed E-state index contributed by atoms with van der Waals surface area (Å²) in [4.78, 5) is 42.1. The van der Waals surface area contributed by atoms with Gasteiger partial charge >= 0.3 is 18.2 Å². The van der Waals surface area contributed by atoms with Crippen LogP contribution in [0.25, 0.3) is 0 Å². The maximum absolute atomic E-state index is 13.4. The number of carbonyl (C=O) groups excluding carboxylic acids is 2. The smallest absolute Gasteiger partial charge is 0.323 e. The van der Waals surface area contributed by atoms with Gasteiger partial charge in [0.25, 0.3) is 0 Å². The third kappa shape index (κ3) is 6.05. The number of amides is 4. The number of carbonyl (C=O) groups is 2. The van der Waals surface area contributed by atoms with Crippen LogP contribution >= 0.6 is 11.6 Å². The number of benzene rings is 2. The Balaban J connectivity index is 1.33. The molecule has 0 unspecified atom stereocenters. The molecule has 0 bridgehead atoms. The molecule has 42 heavy (non-hydrogen) atoms. The van der Waals surface area contributed by atoms with Crippen molar-refractivity contribution in [3.63, 3.8) is 0 Å². The summed E-state index contributed by atoms with van der Waals surface area (Å²) in [6.07, 6.45) is -1.38. The van der Waals surface area contributed by atoms with Crippen LogP contribution in [0, 0.1) is 13.8 Å². The van der Waals surface area contributed by atoms with Gasteiger partial charge in [-0.05, 0) is 61.9 Å². The summed E-state index contributed by atoms with van der Waals surface area (Å²) in [6.45, 7) is 3.87. The van der Waals surface area contributed by atoms with Crippen LogP contribution in [-0.2, 0) is 12.7 Å². The van der Waals surface area contributed by atoms with E-state index in [1.54, 1.807) is 37.6 Å². The zero-order valence-electron chi connectivity index (χ0n) is 22.5. The Kier molecular flexibility index (Phi) is 7.61. The van der Waals surface area contributed by atoms with Crippen LogP contribution in [0.4, 0.5) is 57.3 Å². The van der Waals surface area contributed by atoms with Crippen LogP contribution in [0.1, 0.15) is 22.4 Å². The van der Waals surface area contributed by atoms with Gasteiger partial charge in [-0.3, -0.25) is 14.8 Å². The number of aryl methyl sites for hydroxylation is 2. The highest BCUT2D eigenvalue weighted by Crippen LogP contribution is 2.37. The SMILES string of the molecule is Cc1ccc(Nc2ncc3c(n2)N(C)C(=O)N(c2cc(NC(=O)Nc4ccc(Cl)c(C(F)(F)F)c4)ccc2C)C3)cn1. The van der Waals surface area contributed by atoms with E-state index in [0.717, 1.165) is 23.4 Å². The molecule has 5 rings (SSSR count). The second-order valence-electron chi connectivity index (χ2n) is 9.56. The second kappa shape index (κ2) is 11.2. The molecule has 0 spiro atoms. The first-order valence-electron chi connectivity index (χ1n) is 12.6. The summed E-state index contributed by atoms with van der Waals surface area (Å²) in [6, 6.07) is 10.6. The molecule has 2 aromatic heterocycles. The summed E-state index contributed by atoms with van der Waals surface area (Å²) in [5.74, 6) is 0.755. The van der Waals surface area contributed by atoms with Gasteiger partial charge in [-0.2, -0.15) is 18.2 Å². The largest absolute Gasteiger partial charge is 0.417 e. The van der Waals surface area contributed by atoms with E-state index in [2.05, 4.69) is 30.9 Å². The maximum Gasteiger partial charge on any atom is 0.417 e. The van der Waals surface area contributed by atoms with Crippen LogP contribution in [0.3, 0.4) is 0 Å². The van der Waals surface area contributed by atoms with E-state index in [4.69, 9.17) is 11.6 Å². The van der Waals surface area contributed by atoms with E-state index in [9.17, 15) is 22.8 Å². The van der Waals surface area contributed by atoms with E-state index < -0.39 is 22.8 Å². The van der Waals surface area contributed by atoms with E-state index in [1.165, 1.54) is 15.9 Å². The molecule has 1 aliphatic heterocycles. The van der Waals surface area contributed by atoms with Crippen molar-refractivity contribution < 1.29 is 22.8 Å². The van der Waals surface area contributed by atoms with Gasteiger partial charge in [0.05, 0.1) is 34.7 Å². The number of pyridine rings is 1. The molecule has 2 aromatic carbocycles. The van der Waals surface area contributed by atoms with Gasteiger partial charge in [0.1, 0.15) is 5.82 Å². The lowest BCUT2D eigenvalue weighted by atomic mass is 10.1. The topological polar surface area (TPSA) is 115 Å². The third-order valence-corrected chi connectivity index (χ3v) is 6.79. The van der Waals surface area contributed by atoms with Crippen LogP contribution in [-0.4, -0.2) is 34.1 Å². The lowest BCUT2D eigenvalue weighted by molar-refractivity contribution is -0.137. The second-order valence-corrected chi connectivity index (χ2v) is 9.96. The van der Waals surface area contributed by atoms with E-state index in [1.807, 2.05) is 26.0 Å². The molecule has 0 fully saturated rings. The fourth-order valence-corrected chi connectivity index (χ4v) is 4.54. The third-order valence-electron chi connectivity index (χ3n) is 6.46. The highest BCUT2D eigenvalue weighted by Gasteiger charge is 2.34. The molecule has 10 nitrogen and oxygen atoms in total. The highest BCUT2D eigenvalue weighted by atomic mass is 35.5. The number of halogens is 4. The number of urea groups is 2. The zero-order valence-corrected chi connectivity index (χ0v) is 23.3. The van der Waals surface area contributed by atoms with Crippen molar-refractivity contribution in [3.8, 4) is 0 Å². The monoisotopic (exact) mass is 596 g/mol. The van der Waals surface area contributed by atoms with Gasteiger partial charge in [0.2, 0.25) is 5.95 Å². The fourth-order valence-electron chi connectivity index (χ4n) is 4.32. The average Bonchev–Trinajstić information content (AvgIpc) is 2.94. The molecule has 0 atom stereocenters. The molecule has 1 aliphatic rings. The Morgan fingerprint density at radius 2 is 1.64 bits per heavy atom. The molecule has 216 valence electrons. The highest BCUT2D eigenvalue weighted by molar-refractivity contribution is 6.31. The summed E-state index contributed by atoms with van der Waals surface area (Å²) >= 11 is 5.65. The lowest BCUT2D eigenvalue weighted by Crippen LogP contribution is -2.46. The summed E-state index contributed by atoms with van der Waals surface area (Å²) in [7, 11) is 1.60. The number of hydrogen-bond acceptors (Lipinski definition) is 6. The number of nitrogens with zero attached hydrogens (tertiary/aromatic N) is 5. The van der Waals surface area contributed by atoms with Crippen molar-refractivity contribution >= 4 is 58.2 Å². The minimum Gasteiger partial charge on any atom is -0.323 e. The van der Waals surface area contributed by atoms with Crippen LogP contribution in [0.2, 0.25) is 5.02 Å². The Hall–Kier alpha value is -4.91. The first-order chi connectivity index (χ1) is 19.9. The van der Waals surface area contributed by atoms with Gasteiger partial charge in [-0.1, -0.05) is 17.7 Å². The Labute approximate surface area is 243 Å². The fraction of sp³-hybridized carbons (Fsp3) is 0.179. The molecule has 4 aromatic rings. The molecule has 0 radical (unpaired) electrons. The predicted molar refractivity (Wildman–Crippen MR) is 155 cm³/mol. The normalized spacial score (nSPS) is 13.1. The van der Waals surface area contributed by atoms with Crippen molar-refractivity contribution in [2.75, 3.05) is 32.8 Å². The average molecular weight is 597 g/mol.